The summed E-state index contributed by atoms with van der Waals surface area (Å²) in [5.74, 6) is 0.706. The Hall–Kier alpha value is -7.36. The molecule has 0 radical (unpaired) electrons. The molecule has 0 spiro atoms. The Kier molecular flexibility index (Phi) is 6.98. The van der Waals surface area contributed by atoms with Crippen molar-refractivity contribution in [3.8, 4) is 56.2 Å². The molecular formula is C55H36N2O. The molecule has 0 saturated carbocycles. The number of aromatic nitrogens is 2. The van der Waals surface area contributed by atoms with Gasteiger partial charge >= 0.3 is 0 Å². The SMILES string of the molecule is CC1(C)c2cc3ccccc3cc2-c2c(-c3cc(-c4ccc(-c5ccc6c(c5)oc5ccc7ccccc7c56)c5ccccc45)nc(-c4ccccc4)n3)cccc21. The first kappa shape index (κ1) is 32.8. The van der Waals surface area contributed by atoms with Crippen molar-refractivity contribution >= 4 is 54.3 Å². The second-order valence-electron chi connectivity index (χ2n) is 16.1. The minimum Gasteiger partial charge on any atom is -0.456 e. The van der Waals surface area contributed by atoms with E-state index in [1.807, 2.05) is 6.07 Å². The third-order valence-electron chi connectivity index (χ3n) is 12.5. The molecule has 0 bridgehead atoms. The average Bonchev–Trinajstić information content (AvgIpc) is 3.76. The number of rotatable bonds is 4. The standard InChI is InChI=1S/C55H36N2O/c1-55(2)46-22-12-21-43(52(46)45-29-35-16-6-7-17-36(35)30-47(45)55)49-32-48(56-54(57-49)34-14-4-3-5-15-34)42-27-26-38(40-19-10-11-20-41(40)42)37-23-25-44-51(31-37)58-50-28-24-33-13-8-9-18-39(33)53(44)50/h3-32H,1-2H3. The van der Waals surface area contributed by atoms with Gasteiger partial charge in [-0.15, -0.1) is 0 Å². The Morgan fingerprint density at radius 3 is 1.88 bits per heavy atom. The highest BCUT2D eigenvalue weighted by Gasteiger charge is 2.37. The third-order valence-corrected chi connectivity index (χ3v) is 12.5. The van der Waals surface area contributed by atoms with Crippen LogP contribution >= 0.6 is 0 Å². The first-order valence-electron chi connectivity index (χ1n) is 20.0. The van der Waals surface area contributed by atoms with E-state index >= 15 is 0 Å². The summed E-state index contributed by atoms with van der Waals surface area (Å²) in [5.41, 5.74) is 14.1. The van der Waals surface area contributed by atoms with E-state index in [1.54, 1.807) is 0 Å². The van der Waals surface area contributed by atoms with Crippen molar-refractivity contribution in [2.24, 2.45) is 0 Å². The normalized spacial score (nSPS) is 13.1. The number of furan rings is 1. The molecule has 272 valence electrons. The quantitative estimate of drug-likeness (QED) is 0.180. The van der Waals surface area contributed by atoms with Gasteiger partial charge in [0.25, 0.3) is 0 Å². The lowest BCUT2D eigenvalue weighted by atomic mass is 9.81. The maximum Gasteiger partial charge on any atom is 0.160 e. The van der Waals surface area contributed by atoms with Gasteiger partial charge < -0.3 is 4.42 Å². The molecular weight excluding hydrogens is 705 g/mol. The molecule has 0 amide bonds. The van der Waals surface area contributed by atoms with Gasteiger partial charge in [-0.25, -0.2) is 9.97 Å². The fourth-order valence-corrected chi connectivity index (χ4v) is 9.61. The smallest absolute Gasteiger partial charge is 0.160 e. The third kappa shape index (κ3) is 4.86. The number of hydrogen-bond acceptors (Lipinski definition) is 3. The van der Waals surface area contributed by atoms with Crippen molar-refractivity contribution < 1.29 is 4.42 Å². The molecule has 0 saturated heterocycles. The highest BCUT2D eigenvalue weighted by atomic mass is 16.3. The number of benzene rings is 9. The number of nitrogens with zero attached hydrogens (tertiary/aromatic N) is 2. The second-order valence-corrected chi connectivity index (χ2v) is 16.1. The fraction of sp³-hybridized carbons (Fsp3) is 0.0545. The summed E-state index contributed by atoms with van der Waals surface area (Å²) in [7, 11) is 0. The van der Waals surface area contributed by atoms with E-state index < -0.39 is 0 Å². The van der Waals surface area contributed by atoms with Crippen LogP contribution in [0.5, 0.6) is 0 Å². The molecule has 1 aliphatic rings. The zero-order valence-electron chi connectivity index (χ0n) is 32.1. The van der Waals surface area contributed by atoms with Crippen LogP contribution in [-0.4, -0.2) is 9.97 Å². The zero-order valence-corrected chi connectivity index (χ0v) is 32.1. The van der Waals surface area contributed by atoms with Gasteiger partial charge in [-0.2, -0.15) is 0 Å². The highest BCUT2D eigenvalue weighted by molar-refractivity contribution is 6.19. The molecule has 12 rings (SSSR count). The summed E-state index contributed by atoms with van der Waals surface area (Å²) < 4.78 is 6.51. The molecule has 0 fully saturated rings. The molecule has 1 aliphatic carbocycles. The van der Waals surface area contributed by atoms with Crippen LogP contribution in [0.15, 0.2) is 186 Å². The lowest BCUT2D eigenvalue weighted by Crippen LogP contribution is -2.14. The molecule has 0 atom stereocenters. The monoisotopic (exact) mass is 740 g/mol. The molecule has 3 nitrogen and oxygen atoms in total. The summed E-state index contributed by atoms with van der Waals surface area (Å²) in [5, 5.41) is 9.52. The van der Waals surface area contributed by atoms with Crippen molar-refractivity contribution in [3.05, 3.63) is 193 Å². The van der Waals surface area contributed by atoms with Gasteiger partial charge in [0.2, 0.25) is 0 Å². The summed E-state index contributed by atoms with van der Waals surface area (Å²) >= 11 is 0. The topological polar surface area (TPSA) is 38.9 Å². The summed E-state index contributed by atoms with van der Waals surface area (Å²) in [6.07, 6.45) is 0. The van der Waals surface area contributed by atoms with E-state index in [4.69, 9.17) is 14.4 Å². The number of fused-ring (bicyclic) bond motifs is 10. The molecule has 0 aliphatic heterocycles. The van der Waals surface area contributed by atoms with Crippen molar-refractivity contribution in [1.29, 1.82) is 0 Å². The minimum absolute atomic E-state index is 0.159. The Labute approximate surface area is 335 Å². The first-order valence-corrected chi connectivity index (χ1v) is 20.0. The van der Waals surface area contributed by atoms with E-state index in [0.717, 1.165) is 71.9 Å². The molecule has 3 heteroatoms. The summed E-state index contributed by atoms with van der Waals surface area (Å²) in [6, 6.07) is 65.3. The molecule has 2 aromatic heterocycles. The van der Waals surface area contributed by atoms with Crippen LogP contribution < -0.4 is 0 Å². The summed E-state index contributed by atoms with van der Waals surface area (Å²) in [4.78, 5) is 10.7. The Bertz CT molecular complexity index is 3480. The van der Waals surface area contributed by atoms with E-state index in [0.29, 0.717) is 5.82 Å². The molecule has 9 aromatic carbocycles. The van der Waals surface area contributed by atoms with Crippen LogP contribution in [0.3, 0.4) is 0 Å². The van der Waals surface area contributed by atoms with E-state index in [1.165, 1.54) is 43.8 Å². The van der Waals surface area contributed by atoms with Gasteiger partial charge in [0.1, 0.15) is 11.2 Å². The second kappa shape index (κ2) is 12.3. The Balaban J connectivity index is 1.05. The van der Waals surface area contributed by atoms with Crippen LogP contribution in [0.1, 0.15) is 25.0 Å². The Morgan fingerprint density at radius 2 is 1.07 bits per heavy atom. The van der Waals surface area contributed by atoms with Crippen LogP contribution in [0.4, 0.5) is 0 Å². The molecule has 11 aromatic rings. The maximum absolute atomic E-state index is 6.51. The fourth-order valence-electron chi connectivity index (χ4n) is 9.61. The van der Waals surface area contributed by atoms with Crippen molar-refractivity contribution in [2.75, 3.05) is 0 Å². The predicted molar refractivity (Wildman–Crippen MR) is 241 cm³/mol. The van der Waals surface area contributed by atoms with Crippen molar-refractivity contribution in [3.63, 3.8) is 0 Å². The number of hydrogen-bond donors (Lipinski definition) is 0. The van der Waals surface area contributed by atoms with Gasteiger partial charge in [-0.3, -0.25) is 0 Å². The van der Waals surface area contributed by atoms with E-state index in [9.17, 15) is 0 Å². The van der Waals surface area contributed by atoms with Gasteiger partial charge in [0, 0.05) is 32.9 Å². The van der Waals surface area contributed by atoms with E-state index in [2.05, 4.69) is 190 Å². The lowest BCUT2D eigenvalue weighted by Gasteiger charge is -2.22. The van der Waals surface area contributed by atoms with Gasteiger partial charge in [0.05, 0.1) is 11.4 Å². The van der Waals surface area contributed by atoms with Crippen molar-refractivity contribution in [1.82, 2.24) is 9.97 Å². The largest absolute Gasteiger partial charge is 0.456 e. The van der Waals surface area contributed by atoms with Crippen LogP contribution in [0.2, 0.25) is 0 Å². The van der Waals surface area contributed by atoms with Crippen LogP contribution in [0.25, 0.3) is 110 Å². The first-order chi connectivity index (χ1) is 28.5. The predicted octanol–water partition coefficient (Wildman–Crippen LogP) is 14.8. The molecule has 2 heterocycles. The highest BCUT2D eigenvalue weighted by Crippen LogP contribution is 2.53. The molecule has 0 unspecified atom stereocenters. The zero-order chi connectivity index (χ0) is 38.5. The molecule has 0 N–H and O–H groups in total. The van der Waals surface area contributed by atoms with E-state index in [-0.39, 0.29) is 5.41 Å². The Morgan fingerprint density at radius 1 is 0.397 bits per heavy atom. The minimum atomic E-state index is -0.159. The molecule has 58 heavy (non-hydrogen) atoms. The average molecular weight is 741 g/mol. The lowest BCUT2D eigenvalue weighted by molar-refractivity contribution is 0.661. The van der Waals surface area contributed by atoms with Crippen molar-refractivity contribution in [2.45, 2.75) is 19.3 Å². The van der Waals surface area contributed by atoms with Gasteiger partial charge in [-0.05, 0) is 102 Å². The van der Waals surface area contributed by atoms with Gasteiger partial charge in [0.15, 0.2) is 5.82 Å². The van der Waals surface area contributed by atoms with Crippen LogP contribution in [0, 0.1) is 0 Å². The summed E-state index contributed by atoms with van der Waals surface area (Å²) in [6.45, 7) is 4.69. The van der Waals surface area contributed by atoms with Gasteiger partial charge in [-0.1, -0.05) is 159 Å². The maximum atomic E-state index is 6.51. The van der Waals surface area contributed by atoms with Crippen LogP contribution in [-0.2, 0) is 5.41 Å².